The fourth-order valence-corrected chi connectivity index (χ4v) is 4.74. The summed E-state index contributed by atoms with van der Waals surface area (Å²) >= 11 is 0.928. The van der Waals surface area contributed by atoms with Gasteiger partial charge < -0.3 is 25.5 Å². The molecule has 0 aliphatic carbocycles. The highest BCUT2D eigenvalue weighted by Crippen LogP contribution is 2.42. The smallest absolute Gasteiger partial charge is 0.323 e. The molecule has 0 aromatic heterocycles. The summed E-state index contributed by atoms with van der Waals surface area (Å²) in [5.41, 5.74) is -1.86. The minimum Gasteiger partial charge on any atom is -0.480 e. The molecule has 28 heavy (non-hydrogen) atoms. The molecule has 2 fully saturated rings. The van der Waals surface area contributed by atoms with Gasteiger partial charge in [0.2, 0.25) is 11.8 Å². The van der Waals surface area contributed by atoms with E-state index in [-0.39, 0.29) is 11.3 Å². The topological polar surface area (TPSA) is 161 Å². The second-order valence-electron chi connectivity index (χ2n) is 6.53. The number of carboxylic acids is 3. The molecular formula is C17H16N2O8S. The normalized spacial score (nSPS) is 23.7. The molecule has 3 atom stereocenters. The van der Waals surface area contributed by atoms with Gasteiger partial charge in [-0.2, -0.15) is 0 Å². The zero-order valence-corrected chi connectivity index (χ0v) is 15.1. The quantitative estimate of drug-likeness (QED) is 0.356. The van der Waals surface area contributed by atoms with E-state index in [1.807, 2.05) is 0 Å². The number of fused-ring (bicyclic) bond motifs is 1. The van der Waals surface area contributed by atoms with Crippen molar-refractivity contribution < 1.29 is 39.3 Å². The molecule has 2 heterocycles. The zero-order valence-electron chi connectivity index (χ0n) is 14.3. The molecule has 0 bridgehead atoms. The monoisotopic (exact) mass is 408 g/mol. The summed E-state index contributed by atoms with van der Waals surface area (Å²) in [4.78, 5) is 60.3. The van der Waals surface area contributed by atoms with Crippen molar-refractivity contribution in [3.8, 4) is 0 Å². The van der Waals surface area contributed by atoms with Crippen LogP contribution >= 0.6 is 11.8 Å². The predicted octanol–water partition coefficient (Wildman–Crippen LogP) is -0.590. The largest absolute Gasteiger partial charge is 0.480 e. The van der Waals surface area contributed by atoms with Crippen molar-refractivity contribution in [2.45, 2.75) is 17.3 Å². The van der Waals surface area contributed by atoms with E-state index < -0.39 is 59.0 Å². The van der Waals surface area contributed by atoms with Crippen LogP contribution in [0.2, 0.25) is 0 Å². The third kappa shape index (κ3) is 3.07. The number of carbonyl (C=O) groups is 5. The zero-order chi connectivity index (χ0) is 20.6. The Morgan fingerprint density at radius 1 is 1.11 bits per heavy atom. The van der Waals surface area contributed by atoms with Crippen LogP contribution in [0, 0.1) is 5.41 Å². The number of hydrogen-bond donors (Lipinski definition) is 4. The highest BCUT2D eigenvalue weighted by Gasteiger charge is 2.60. The number of nitrogens with zero attached hydrogens (tertiary/aromatic N) is 1. The van der Waals surface area contributed by atoms with Gasteiger partial charge in [0.15, 0.2) is 11.3 Å². The molecule has 0 spiro atoms. The third-order valence-corrected chi connectivity index (χ3v) is 6.37. The lowest BCUT2D eigenvalue weighted by Gasteiger charge is -2.52. The second kappa shape index (κ2) is 7.15. The van der Waals surface area contributed by atoms with Gasteiger partial charge in [-0.05, 0) is 5.56 Å². The Hall–Kier alpha value is -3.08. The summed E-state index contributed by atoms with van der Waals surface area (Å²) in [6.07, 6.45) is 0. The molecule has 10 nitrogen and oxygen atoms in total. The van der Waals surface area contributed by atoms with Gasteiger partial charge in [-0.15, -0.1) is 11.8 Å². The Bertz CT molecular complexity index is 844. The number of benzene rings is 1. The van der Waals surface area contributed by atoms with Gasteiger partial charge >= 0.3 is 17.9 Å². The Balaban J connectivity index is 1.73. The van der Waals surface area contributed by atoms with E-state index in [9.17, 15) is 39.3 Å². The fourth-order valence-electron chi connectivity index (χ4n) is 3.21. The molecule has 1 aromatic carbocycles. The first-order valence-corrected chi connectivity index (χ1v) is 9.21. The third-order valence-electron chi connectivity index (χ3n) is 4.84. The lowest BCUT2D eigenvalue weighted by molar-refractivity contribution is -0.170. The molecule has 2 amide bonds. The van der Waals surface area contributed by atoms with Crippen LogP contribution in [0.25, 0.3) is 0 Å². The average molecular weight is 408 g/mol. The maximum Gasteiger partial charge on any atom is 0.323 e. The van der Waals surface area contributed by atoms with Crippen LogP contribution in [0.1, 0.15) is 11.5 Å². The SMILES string of the molecule is O=C(O)C(C(=O)NC1C(=O)N2CC(C(=O)O)(C(=O)O)CS[C@H]12)c1ccccc1. The standard InChI is InChI=1S/C17H16N2O8S/c20-11(9(14(22)23)8-4-2-1-3-5-8)18-10-12(21)19-6-17(15(24)25,16(26)27)7-28-13(10)19/h1-5,9-10,13H,6-7H2,(H,18,20)(H,22,23)(H,24,25)(H,26,27)/t9?,10?,13-/m1/s1. The van der Waals surface area contributed by atoms with Gasteiger partial charge in [0, 0.05) is 12.3 Å². The van der Waals surface area contributed by atoms with Crippen LogP contribution in [-0.4, -0.2) is 73.7 Å². The van der Waals surface area contributed by atoms with Crippen LogP contribution in [0.5, 0.6) is 0 Å². The Morgan fingerprint density at radius 2 is 1.71 bits per heavy atom. The van der Waals surface area contributed by atoms with Crippen LogP contribution < -0.4 is 5.32 Å². The average Bonchev–Trinajstić information content (AvgIpc) is 2.65. The molecule has 2 unspecified atom stereocenters. The summed E-state index contributed by atoms with van der Waals surface area (Å²) in [5, 5.41) is 29.7. The highest BCUT2D eigenvalue weighted by molar-refractivity contribution is 8.00. The van der Waals surface area contributed by atoms with E-state index in [0.717, 1.165) is 16.7 Å². The molecule has 4 N–H and O–H groups in total. The van der Waals surface area contributed by atoms with E-state index in [4.69, 9.17) is 0 Å². The summed E-state index contributed by atoms with van der Waals surface area (Å²) in [6.45, 7) is -0.512. The van der Waals surface area contributed by atoms with Gasteiger partial charge in [0.1, 0.15) is 11.4 Å². The van der Waals surface area contributed by atoms with E-state index >= 15 is 0 Å². The van der Waals surface area contributed by atoms with Crippen molar-refractivity contribution in [1.29, 1.82) is 0 Å². The van der Waals surface area contributed by atoms with E-state index in [0.29, 0.717) is 0 Å². The first kappa shape index (κ1) is 19.7. The number of nitrogens with one attached hydrogen (secondary N) is 1. The van der Waals surface area contributed by atoms with Crippen molar-refractivity contribution in [1.82, 2.24) is 10.2 Å². The fraction of sp³-hybridized carbons (Fsp3) is 0.353. The van der Waals surface area contributed by atoms with Gasteiger partial charge in [0.05, 0.1) is 0 Å². The summed E-state index contributed by atoms with van der Waals surface area (Å²) in [5.74, 6) is -7.75. The molecule has 0 radical (unpaired) electrons. The Kier molecular flexibility index (Phi) is 5.02. The minimum absolute atomic E-state index is 0.253. The molecule has 0 saturated carbocycles. The lowest BCUT2D eigenvalue weighted by atomic mass is 9.87. The Morgan fingerprint density at radius 3 is 2.25 bits per heavy atom. The number of aliphatic carboxylic acids is 3. The van der Waals surface area contributed by atoms with Crippen molar-refractivity contribution in [3.05, 3.63) is 35.9 Å². The molecule has 11 heteroatoms. The molecular weight excluding hydrogens is 392 g/mol. The number of thioether (sulfide) groups is 1. The van der Waals surface area contributed by atoms with Gasteiger partial charge in [0.25, 0.3) is 0 Å². The van der Waals surface area contributed by atoms with Crippen LogP contribution in [-0.2, 0) is 24.0 Å². The van der Waals surface area contributed by atoms with Crippen LogP contribution in [0.3, 0.4) is 0 Å². The first-order valence-electron chi connectivity index (χ1n) is 8.16. The Labute approximate surface area is 162 Å². The van der Waals surface area contributed by atoms with Crippen LogP contribution in [0.15, 0.2) is 30.3 Å². The van der Waals surface area contributed by atoms with Crippen molar-refractivity contribution in [2.75, 3.05) is 12.3 Å². The van der Waals surface area contributed by atoms with Crippen molar-refractivity contribution in [2.24, 2.45) is 5.41 Å². The molecule has 2 saturated heterocycles. The molecule has 1 aromatic rings. The summed E-state index contributed by atoms with van der Waals surface area (Å²) < 4.78 is 0. The number of rotatable bonds is 6. The molecule has 2 aliphatic rings. The van der Waals surface area contributed by atoms with Crippen LogP contribution in [0.4, 0.5) is 0 Å². The van der Waals surface area contributed by atoms with Crippen molar-refractivity contribution in [3.63, 3.8) is 0 Å². The maximum atomic E-state index is 12.5. The van der Waals surface area contributed by atoms with E-state index in [2.05, 4.69) is 5.32 Å². The molecule has 148 valence electrons. The number of hydrogen-bond acceptors (Lipinski definition) is 6. The highest BCUT2D eigenvalue weighted by atomic mass is 32.2. The van der Waals surface area contributed by atoms with Gasteiger partial charge in [-0.25, -0.2) is 0 Å². The molecule has 3 rings (SSSR count). The van der Waals surface area contributed by atoms with Crippen molar-refractivity contribution >= 4 is 41.5 Å². The number of amides is 2. The van der Waals surface area contributed by atoms with Gasteiger partial charge in [-0.3, -0.25) is 24.0 Å². The lowest BCUT2D eigenvalue weighted by Crippen LogP contribution is -2.74. The maximum absolute atomic E-state index is 12.5. The number of β-lactam (4-membered cyclic amide) rings is 1. The van der Waals surface area contributed by atoms with E-state index in [1.54, 1.807) is 18.2 Å². The van der Waals surface area contributed by atoms with Gasteiger partial charge in [-0.1, -0.05) is 30.3 Å². The summed E-state index contributed by atoms with van der Waals surface area (Å²) in [7, 11) is 0. The van der Waals surface area contributed by atoms with E-state index in [1.165, 1.54) is 12.1 Å². The second-order valence-corrected chi connectivity index (χ2v) is 7.63. The number of carbonyl (C=O) groups excluding carboxylic acids is 2. The number of carboxylic acid groups (broad SMARTS) is 3. The first-order chi connectivity index (χ1) is 13.2. The predicted molar refractivity (Wildman–Crippen MR) is 94.4 cm³/mol. The minimum atomic E-state index is -2.11. The summed E-state index contributed by atoms with van der Waals surface area (Å²) in [6, 6.07) is 6.77. The molecule has 2 aliphatic heterocycles.